The molecule has 0 saturated heterocycles. The molecule has 2 aromatic carbocycles. The van der Waals surface area contributed by atoms with E-state index in [2.05, 4.69) is 5.32 Å². The number of carbonyl (C=O) groups excluding carboxylic acids is 1. The predicted octanol–water partition coefficient (Wildman–Crippen LogP) is 3.97. The molecule has 0 aliphatic heterocycles. The van der Waals surface area contributed by atoms with Crippen molar-refractivity contribution in [2.45, 2.75) is 13.8 Å². The van der Waals surface area contributed by atoms with Crippen molar-refractivity contribution in [3.63, 3.8) is 0 Å². The summed E-state index contributed by atoms with van der Waals surface area (Å²) < 4.78 is 5.51. The molecule has 0 bridgehead atoms. The number of hydrogen-bond acceptors (Lipinski definition) is 2. The highest BCUT2D eigenvalue weighted by Gasteiger charge is 2.05. The van der Waals surface area contributed by atoms with E-state index in [1.165, 1.54) is 5.56 Å². The fourth-order valence-electron chi connectivity index (χ4n) is 1.83. The number of carbonyl (C=O) groups is 1. The van der Waals surface area contributed by atoms with Crippen molar-refractivity contribution in [1.82, 2.24) is 0 Å². The van der Waals surface area contributed by atoms with Gasteiger partial charge in [-0.25, -0.2) is 0 Å². The van der Waals surface area contributed by atoms with Gasteiger partial charge in [0.25, 0.3) is 5.91 Å². The van der Waals surface area contributed by atoms with Gasteiger partial charge in [-0.2, -0.15) is 0 Å². The van der Waals surface area contributed by atoms with E-state index in [0.29, 0.717) is 10.7 Å². The molecular formula is C16H16ClNO2. The average molecular weight is 290 g/mol. The molecule has 0 radical (unpaired) electrons. The quantitative estimate of drug-likeness (QED) is 0.925. The number of benzene rings is 2. The molecule has 20 heavy (non-hydrogen) atoms. The lowest BCUT2D eigenvalue weighted by Gasteiger charge is -2.10. The van der Waals surface area contributed by atoms with Crippen LogP contribution >= 0.6 is 11.6 Å². The molecule has 0 fully saturated rings. The summed E-state index contributed by atoms with van der Waals surface area (Å²) in [4.78, 5) is 11.8. The van der Waals surface area contributed by atoms with E-state index in [1.54, 1.807) is 24.3 Å². The molecule has 1 N–H and O–H groups in total. The van der Waals surface area contributed by atoms with Crippen LogP contribution in [0.2, 0.25) is 5.02 Å². The van der Waals surface area contributed by atoms with Crippen molar-refractivity contribution in [2.24, 2.45) is 0 Å². The number of hydrogen-bond donors (Lipinski definition) is 1. The van der Waals surface area contributed by atoms with Crippen LogP contribution in [0.5, 0.6) is 5.75 Å². The van der Waals surface area contributed by atoms with Gasteiger partial charge in [0, 0.05) is 10.7 Å². The van der Waals surface area contributed by atoms with E-state index in [4.69, 9.17) is 16.3 Å². The Morgan fingerprint density at radius 3 is 2.50 bits per heavy atom. The minimum absolute atomic E-state index is 0.0213. The molecule has 0 atom stereocenters. The number of nitrogens with one attached hydrogen (secondary N) is 1. The second-order valence-corrected chi connectivity index (χ2v) is 5.05. The molecular weight excluding hydrogens is 274 g/mol. The highest BCUT2D eigenvalue weighted by atomic mass is 35.5. The third-order valence-corrected chi connectivity index (χ3v) is 3.07. The van der Waals surface area contributed by atoms with Crippen molar-refractivity contribution in [3.8, 4) is 5.75 Å². The Kier molecular flexibility index (Phi) is 4.64. The van der Waals surface area contributed by atoms with Crippen LogP contribution < -0.4 is 10.1 Å². The molecule has 4 heteroatoms. The molecule has 104 valence electrons. The first-order valence-electron chi connectivity index (χ1n) is 6.30. The number of halogens is 1. The SMILES string of the molecule is Cc1ccc(OCC(=O)Nc2ccc(Cl)cc2)c(C)c1. The lowest BCUT2D eigenvalue weighted by Crippen LogP contribution is -2.20. The van der Waals surface area contributed by atoms with Crippen LogP contribution in [0.1, 0.15) is 11.1 Å². The van der Waals surface area contributed by atoms with Gasteiger partial charge in [0.1, 0.15) is 5.75 Å². The minimum atomic E-state index is -0.202. The topological polar surface area (TPSA) is 38.3 Å². The first-order valence-corrected chi connectivity index (χ1v) is 6.68. The lowest BCUT2D eigenvalue weighted by atomic mass is 10.1. The highest BCUT2D eigenvalue weighted by molar-refractivity contribution is 6.30. The summed E-state index contributed by atoms with van der Waals surface area (Å²) >= 11 is 5.78. The van der Waals surface area contributed by atoms with Crippen molar-refractivity contribution < 1.29 is 9.53 Å². The van der Waals surface area contributed by atoms with Gasteiger partial charge in [0.05, 0.1) is 0 Å². The highest BCUT2D eigenvalue weighted by Crippen LogP contribution is 2.19. The van der Waals surface area contributed by atoms with Gasteiger partial charge in [-0.1, -0.05) is 29.3 Å². The zero-order valence-corrected chi connectivity index (χ0v) is 12.2. The van der Waals surface area contributed by atoms with Gasteiger partial charge in [0.15, 0.2) is 6.61 Å². The summed E-state index contributed by atoms with van der Waals surface area (Å²) in [6, 6.07) is 12.8. The number of anilines is 1. The average Bonchev–Trinajstić information content (AvgIpc) is 2.40. The van der Waals surface area contributed by atoms with Gasteiger partial charge in [-0.15, -0.1) is 0 Å². The van der Waals surface area contributed by atoms with Crippen LogP contribution in [0, 0.1) is 13.8 Å². The molecule has 3 nitrogen and oxygen atoms in total. The molecule has 0 spiro atoms. The Balaban J connectivity index is 1.90. The van der Waals surface area contributed by atoms with Crippen molar-refractivity contribution in [1.29, 1.82) is 0 Å². The molecule has 0 aliphatic carbocycles. The Hall–Kier alpha value is -2.00. The van der Waals surface area contributed by atoms with Crippen molar-refractivity contribution in [3.05, 3.63) is 58.6 Å². The summed E-state index contributed by atoms with van der Waals surface area (Å²) in [5.74, 6) is 0.522. The minimum Gasteiger partial charge on any atom is -0.483 e. The number of aryl methyl sites for hydroxylation is 2. The zero-order chi connectivity index (χ0) is 14.5. The Bertz CT molecular complexity index is 608. The maximum atomic E-state index is 11.8. The van der Waals surface area contributed by atoms with Crippen LogP contribution in [0.25, 0.3) is 0 Å². The Labute approximate surface area is 123 Å². The zero-order valence-electron chi connectivity index (χ0n) is 11.4. The van der Waals surface area contributed by atoms with Crippen molar-refractivity contribution >= 4 is 23.2 Å². The van der Waals surface area contributed by atoms with E-state index >= 15 is 0 Å². The van der Waals surface area contributed by atoms with Gasteiger partial charge in [-0.3, -0.25) is 4.79 Å². The molecule has 0 aliphatic rings. The number of ether oxygens (including phenoxy) is 1. The second-order valence-electron chi connectivity index (χ2n) is 4.61. The van der Waals surface area contributed by atoms with E-state index < -0.39 is 0 Å². The van der Waals surface area contributed by atoms with Crippen LogP contribution in [-0.2, 0) is 4.79 Å². The van der Waals surface area contributed by atoms with Gasteiger partial charge < -0.3 is 10.1 Å². The molecule has 0 heterocycles. The number of amides is 1. The van der Waals surface area contributed by atoms with Crippen LogP contribution in [0.15, 0.2) is 42.5 Å². The monoisotopic (exact) mass is 289 g/mol. The summed E-state index contributed by atoms with van der Waals surface area (Å²) in [7, 11) is 0. The van der Waals surface area contributed by atoms with E-state index in [-0.39, 0.29) is 12.5 Å². The molecule has 0 saturated carbocycles. The largest absolute Gasteiger partial charge is 0.483 e. The molecule has 2 rings (SSSR count). The van der Waals surface area contributed by atoms with E-state index in [9.17, 15) is 4.79 Å². The molecule has 0 unspecified atom stereocenters. The summed E-state index contributed by atoms with van der Waals surface area (Å²) in [5.41, 5.74) is 2.88. The second kappa shape index (κ2) is 6.44. The fourth-order valence-corrected chi connectivity index (χ4v) is 1.96. The molecule has 2 aromatic rings. The maximum absolute atomic E-state index is 11.8. The summed E-state index contributed by atoms with van der Waals surface area (Å²) in [5, 5.41) is 3.38. The Morgan fingerprint density at radius 2 is 1.85 bits per heavy atom. The normalized spacial score (nSPS) is 10.2. The summed E-state index contributed by atoms with van der Waals surface area (Å²) in [6.45, 7) is 3.95. The fraction of sp³-hybridized carbons (Fsp3) is 0.188. The van der Waals surface area contributed by atoms with Gasteiger partial charge >= 0.3 is 0 Å². The third kappa shape index (κ3) is 4.00. The summed E-state index contributed by atoms with van der Waals surface area (Å²) in [6.07, 6.45) is 0. The van der Waals surface area contributed by atoms with Crippen LogP contribution in [0.4, 0.5) is 5.69 Å². The smallest absolute Gasteiger partial charge is 0.262 e. The van der Waals surface area contributed by atoms with Crippen LogP contribution in [-0.4, -0.2) is 12.5 Å². The maximum Gasteiger partial charge on any atom is 0.262 e. The standard InChI is InChI=1S/C16H16ClNO2/c1-11-3-8-15(12(2)9-11)20-10-16(19)18-14-6-4-13(17)5-7-14/h3-9H,10H2,1-2H3,(H,18,19). The van der Waals surface area contributed by atoms with Crippen LogP contribution in [0.3, 0.4) is 0 Å². The van der Waals surface area contributed by atoms with Gasteiger partial charge in [-0.05, 0) is 49.7 Å². The third-order valence-electron chi connectivity index (χ3n) is 2.82. The first-order chi connectivity index (χ1) is 9.54. The van der Waals surface area contributed by atoms with Crippen molar-refractivity contribution in [2.75, 3.05) is 11.9 Å². The molecule has 1 amide bonds. The van der Waals surface area contributed by atoms with E-state index in [1.807, 2.05) is 32.0 Å². The predicted molar refractivity (Wildman–Crippen MR) is 81.5 cm³/mol. The number of rotatable bonds is 4. The molecule has 0 aromatic heterocycles. The Morgan fingerprint density at radius 1 is 1.15 bits per heavy atom. The first kappa shape index (κ1) is 14.4. The van der Waals surface area contributed by atoms with Gasteiger partial charge in [0.2, 0.25) is 0 Å². The van der Waals surface area contributed by atoms with E-state index in [0.717, 1.165) is 11.3 Å². The lowest BCUT2D eigenvalue weighted by molar-refractivity contribution is -0.118.